The zero-order chi connectivity index (χ0) is 22.2. The van der Waals surface area contributed by atoms with Crippen LogP contribution in [-0.4, -0.2) is 47.8 Å². The van der Waals surface area contributed by atoms with Crippen LogP contribution in [0.3, 0.4) is 0 Å². The van der Waals surface area contributed by atoms with Crippen molar-refractivity contribution in [2.75, 3.05) is 19.6 Å². The number of fused-ring (bicyclic) bond motifs is 1. The van der Waals surface area contributed by atoms with Crippen LogP contribution >= 0.6 is 24.0 Å². The van der Waals surface area contributed by atoms with Crippen molar-refractivity contribution in [3.05, 3.63) is 42.1 Å². The van der Waals surface area contributed by atoms with E-state index in [9.17, 15) is 4.79 Å². The lowest BCUT2D eigenvalue weighted by molar-refractivity contribution is 0.0476. The molecule has 0 aliphatic rings. The first kappa shape index (κ1) is 26.9. The molecule has 0 aliphatic carbocycles. The normalized spacial score (nSPS) is 12.1. The van der Waals surface area contributed by atoms with E-state index >= 15 is 0 Å². The molecule has 8 heteroatoms. The Hall–Kier alpha value is -2.10. The van der Waals surface area contributed by atoms with Gasteiger partial charge in [-0.05, 0) is 59.6 Å². The van der Waals surface area contributed by atoms with Gasteiger partial charge in [0.25, 0.3) is 0 Å². The van der Waals surface area contributed by atoms with E-state index < -0.39 is 17.2 Å². The van der Waals surface area contributed by atoms with Crippen LogP contribution in [-0.2, 0) is 11.2 Å². The number of hydrogen-bond donors (Lipinski definition) is 3. The highest BCUT2D eigenvalue weighted by Gasteiger charge is 2.24. The lowest BCUT2D eigenvalue weighted by Crippen LogP contribution is -2.49. The quantitative estimate of drug-likeness (QED) is 0.277. The van der Waals surface area contributed by atoms with Crippen LogP contribution in [0.2, 0.25) is 0 Å². The summed E-state index contributed by atoms with van der Waals surface area (Å²) in [5.74, 6) is 0.713. The SMILES string of the molecule is CCNC(=NCC(C)(C)NC(=O)OC(C)(C)C)NCCc1cccc2cccnc12.I. The molecular weight excluding hydrogens is 505 g/mol. The van der Waals surface area contributed by atoms with Crippen LogP contribution in [0.4, 0.5) is 4.79 Å². The van der Waals surface area contributed by atoms with E-state index in [4.69, 9.17) is 4.74 Å². The second-order valence-electron chi connectivity index (χ2n) is 8.87. The molecule has 172 valence electrons. The number of halogens is 1. The molecule has 1 amide bonds. The second-order valence-corrected chi connectivity index (χ2v) is 8.87. The largest absolute Gasteiger partial charge is 0.444 e. The number of alkyl carbamates (subject to hydrolysis) is 1. The predicted molar refractivity (Wildman–Crippen MR) is 138 cm³/mol. The summed E-state index contributed by atoms with van der Waals surface area (Å²) in [6, 6.07) is 10.3. The Balaban J connectivity index is 0.00000480. The molecule has 0 atom stereocenters. The zero-order valence-electron chi connectivity index (χ0n) is 19.4. The Morgan fingerprint density at radius 2 is 1.81 bits per heavy atom. The molecule has 7 nitrogen and oxygen atoms in total. The topological polar surface area (TPSA) is 87.6 Å². The highest BCUT2D eigenvalue weighted by molar-refractivity contribution is 14.0. The number of guanidine groups is 1. The summed E-state index contributed by atoms with van der Waals surface area (Å²) in [6.07, 6.45) is 2.21. The van der Waals surface area contributed by atoms with Gasteiger partial charge in [0.2, 0.25) is 0 Å². The number of carbonyl (C=O) groups is 1. The molecular formula is C23H36IN5O2. The first-order valence-electron chi connectivity index (χ1n) is 10.5. The number of pyridine rings is 1. The Bertz CT molecular complexity index is 872. The van der Waals surface area contributed by atoms with Crippen molar-refractivity contribution < 1.29 is 9.53 Å². The highest BCUT2D eigenvalue weighted by atomic mass is 127. The molecule has 2 rings (SSSR count). The van der Waals surface area contributed by atoms with Crippen LogP contribution in [0.5, 0.6) is 0 Å². The van der Waals surface area contributed by atoms with Crippen LogP contribution in [0.1, 0.15) is 47.1 Å². The molecule has 0 bridgehead atoms. The number of aliphatic imine (C=N–C) groups is 1. The van der Waals surface area contributed by atoms with Gasteiger partial charge in [0.1, 0.15) is 5.60 Å². The standard InChI is InChI=1S/C23H35N5O2.HI/c1-7-24-20(27-16-23(5,6)28-21(29)30-22(2,3)4)26-15-13-18-11-8-10-17-12-9-14-25-19(17)18;/h8-12,14H,7,13,15-16H2,1-6H3,(H,28,29)(H2,24,26,27);1H. The van der Waals surface area contributed by atoms with Crippen molar-refractivity contribution in [1.82, 2.24) is 20.9 Å². The Morgan fingerprint density at radius 1 is 1.10 bits per heavy atom. The van der Waals surface area contributed by atoms with Crippen LogP contribution in [0.15, 0.2) is 41.5 Å². The number of para-hydroxylation sites is 1. The van der Waals surface area contributed by atoms with E-state index in [1.54, 1.807) is 0 Å². The first-order chi connectivity index (χ1) is 14.1. The summed E-state index contributed by atoms with van der Waals surface area (Å²) in [6.45, 7) is 13.3. The number of aromatic nitrogens is 1. The Morgan fingerprint density at radius 3 is 2.48 bits per heavy atom. The summed E-state index contributed by atoms with van der Waals surface area (Å²) in [5, 5.41) is 10.6. The van der Waals surface area contributed by atoms with Gasteiger partial charge < -0.3 is 20.7 Å². The van der Waals surface area contributed by atoms with Crippen molar-refractivity contribution in [2.45, 2.75) is 59.1 Å². The van der Waals surface area contributed by atoms with Crippen LogP contribution < -0.4 is 16.0 Å². The summed E-state index contributed by atoms with van der Waals surface area (Å²) in [7, 11) is 0. The van der Waals surface area contributed by atoms with Gasteiger partial charge in [-0.1, -0.05) is 24.3 Å². The first-order valence-corrected chi connectivity index (χ1v) is 10.5. The van der Waals surface area contributed by atoms with Gasteiger partial charge in [-0.3, -0.25) is 9.98 Å². The molecule has 0 saturated heterocycles. The van der Waals surface area contributed by atoms with E-state index in [2.05, 4.69) is 50.2 Å². The highest BCUT2D eigenvalue weighted by Crippen LogP contribution is 2.16. The van der Waals surface area contributed by atoms with Crippen LogP contribution in [0.25, 0.3) is 10.9 Å². The van der Waals surface area contributed by atoms with E-state index in [-0.39, 0.29) is 24.0 Å². The number of nitrogens with zero attached hydrogens (tertiary/aromatic N) is 2. The number of rotatable bonds is 7. The van der Waals surface area contributed by atoms with E-state index in [1.807, 2.05) is 53.8 Å². The molecule has 0 saturated carbocycles. The molecule has 1 aromatic heterocycles. The minimum Gasteiger partial charge on any atom is -0.444 e. The maximum Gasteiger partial charge on any atom is 0.408 e. The lowest BCUT2D eigenvalue weighted by Gasteiger charge is -2.27. The molecule has 0 aliphatic heterocycles. The maximum absolute atomic E-state index is 12.1. The predicted octanol–water partition coefficient (Wildman–Crippen LogP) is 4.25. The van der Waals surface area contributed by atoms with Crippen molar-refractivity contribution in [3.8, 4) is 0 Å². The second kappa shape index (κ2) is 12.1. The molecule has 1 heterocycles. The van der Waals surface area contributed by atoms with E-state index in [0.29, 0.717) is 12.5 Å². The third-order valence-electron chi connectivity index (χ3n) is 4.22. The zero-order valence-corrected chi connectivity index (χ0v) is 21.7. The lowest BCUT2D eigenvalue weighted by atomic mass is 10.1. The number of nitrogens with one attached hydrogen (secondary N) is 3. The summed E-state index contributed by atoms with van der Waals surface area (Å²) >= 11 is 0. The summed E-state index contributed by atoms with van der Waals surface area (Å²) in [4.78, 5) is 21.2. The number of amides is 1. The smallest absolute Gasteiger partial charge is 0.408 e. The average molecular weight is 541 g/mol. The number of benzene rings is 1. The molecule has 0 spiro atoms. The summed E-state index contributed by atoms with van der Waals surface area (Å²) < 4.78 is 5.34. The van der Waals surface area contributed by atoms with Gasteiger partial charge in [-0.25, -0.2) is 4.79 Å². The minimum absolute atomic E-state index is 0. The Kier molecular flexibility index (Phi) is 10.5. The number of ether oxygens (including phenoxy) is 1. The fourth-order valence-electron chi connectivity index (χ4n) is 2.92. The number of carbonyl (C=O) groups excluding carboxylic acids is 1. The van der Waals surface area contributed by atoms with Gasteiger partial charge in [-0.2, -0.15) is 0 Å². The van der Waals surface area contributed by atoms with E-state index in [0.717, 1.165) is 30.4 Å². The molecule has 31 heavy (non-hydrogen) atoms. The van der Waals surface area contributed by atoms with Crippen LogP contribution in [0, 0.1) is 0 Å². The third kappa shape index (κ3) is 9.71. The van der Waals surface area contributed by atoms with E-state index in [1.165, 1.54) is 5.56 Å². The van der Waals surface area contributed by atoms with Crippen molar-refractivity contribution >= 4 is 46.9 Å². The fourth-order valence-corrected chi connectivity index (χ4v) is 2.92. The molecule has 0 radical (unpaired) electrons. The van der Waals surface area contributed by atoms with Crippen molar-refractivity contribution in [2.24, 2.45) is 4.99 Å². The summed E-state index contributed by atoms with van der Waals surface area (Å²) in [5.41, 5.74) is 1.16. The van der Waals surface area contributed by atoms with Crippen molar-refractivity contribution in [3.63, 3.8) is 0 Å². The molecule has 1 aromatic carbocycles. The van der Waals surface area contributed by atoms with Gasteiger partial charge in [0.05, 0.1) is 17.6 Å². The fraction of sp³-hybridized carbons (Fsp3) is 0.522. The third-order valence-corrected chi connectivity index (χ3v) is 4.22. The van der Waals surface area contributed by atoms with Gasteiger partial charge in [-0.15, -0.1) is 24.0 Å². The monoisotopic (exact) mass is 541 g/mol. The minimum atomic E-state index is -0.537. The van der Waals surface area contributed by atoms with Gasteiger partial charge >= 0.3 is 6.09 Å². The van der Waals surface area contributed by atoms with Gasteiger partial charge in [0, 0.05) is 24.7 Å². The molecule has 0 fully saturated rings. The van der Waals surface area contributed by atoms with Gasteiger partial charge in [0.15, 0.2) is 5.96 Å². The Labute approximate surface area is 202 Å². The molecule has 0 unspecified atom stereocenters. The van der Waals surface area contributed by atoms with Crippen molar-refractivity contribution in [1.29, 1.82) is 0 Å². The molecule has 2 aromatic rings. The number of hydrogen-bond acceptors (Lipinski definition) is 4. The average Bonchev–Trinajstić information content (AvgIpc) is 2.64. The molecule has 3 N–H and O–H groups in total. The maximum atomic E-state index is 12.1.